The molecule has 108 valence electrons. The van der Waals surface area contributed by atoms with Gasteiger partial charge in [-0.2, -0.15) is 0 Å². The summed E-state index contributed by atoms with van der Waals surface area (Å²) in [6, 6.07) is 9.20. The molecule has 0 aliphatic heterocycles. The lowest BCUT2D eigenvalue weighted by Crippen LogP contribution is -2.27. The largest absolute Gasteiger partial charge is 0.377 e. The summed E-state index contributed by atoms with van der Waals surface area (Å²) in [5.41, 5.74) is 2.70. The number of rotatable bonds is 8. The van der Waals surface area contributed by atoms with Crippen molar-refractivity contribution in [2.45, 2.75) is 59.1 Å². The fourth-order valence-corrected chi connectivity index (χ4v) is 2.01. The summed E-state index contributed by atoms with van der Waals surface area (Å²) in [7, 11) is 0. The standard InChI is InChI=1S/C17H29NO/c1-6-14(5)19-12-17(18-7-2)16-10-8-15(9-11-16)13(3)4/h8-11,13-14,17-18H,6-7,12H2,1-5H3. The molecular weight excluding hydrogens is 234 g/mol. The van der Waals surface area contributed by atoms with E-state index in [0.29, 0.717) is 18.1 Å². The van der Waals surface area contributed by atoms with Gasteiger partial charge in [0.25, 0.3) is 0 Å². The average Bonchev–Trinajstić information content (AvgIpc) is 2.43. The summed E-state index contributed by atoms with van der Waals surface area (Å²) < 4.78 is 5.88. The van der Waals surface area contributed by atoms with Crippen molar-refractivity contribution >= 4 is 0 Å². The summed E-state index contributed by atoms with van der Waals surface area (Å²) in [5, 5.41) is 3.50. The lowest BCUT2D eigenvalue weighted by Gasteiger charge is -2.21. The zero-order valence-corrected chi connectivity index (χ0v) is 13.1. The van der Waals surface area contributed by atoms with E-state index in [1.807, 2.05) is 0 Å². The molecule has 2 unspecified atom stereocenters. The topological polar surface area (TPSA) is 21.3 Å². The summed E-state index contributed by atoms with van der Waals surface area (Å²) in [5.74, 6) is 0.586. The van der Waals surface area contributed by atoms with Crippen LogP contribution >= 0.6 is 0 Å². The van der Waals surface area contributed by atoms with Gasteiger partial charge >= 0.3 is 0 Å². The summed E-state index contributed by atoms with van der Waals surface area (Å²) in [4.78, 5) is 0. The molecule has 0 amide bonds. The predicted molar refractivity (Wildman–Crippen MR) is 82.7 cm³/mol. The van der Waals surface area contributed by atoms with Crippen LogP contribution in [0.25, 0.3) is 0 Å². The van der Waals surface area contributed by atoms with Crippen LogP contribution in [0.5, 0.6) is 0 Å². The molecule has 0 aliphatic carbocycles. The number of hydrogen-bond acceptors (Lipinski definition) is 2. The third-order valence-corrected chi connectivity index (χ3v) is 3.58. The Morgan fingerprint density at radius 2 is 1.58 bits per heavy atom. The normalized spacial score (nSPS) is 14.6. The molecule has 2 heteroatoms. The monoisotopic (exact) mass is 263 g/mol. The molecule has 1 aromatic rings. The highest BCUT2D eigenvalue weighted by Crippen LogP contribution is 2.19. The molecule has 0 radical (unpaired) electrons. The van der Waals surface area contributed by atoms with Crippen LogP contribution in [0.15, 0.2) is 24.3 Å². The summed E-state index contributed by atoms with van der Waals surface area (Å²) in [6.07, 6.45) is 1.39. The Bertz CT molecular complexity index is 345. The van der Waals surface area contributed by atoms with Crippen LogP contribution in [0, 0.1) is 0 Å². The molecule has 2 atom stereocenters. The van der Waals surface area contributed by atoms with E-state index in [1.165, 1.54) is 11.1 Å². The second-order valence-corrected chi connectivity index (χ2v) is 5.48. The van der Waals surface area contributed by atoms with Crippen molar-refractivity contribution < 1.29 is 4.74 Å². The van der Waals surface area contributed by atoms with Crippen LogP contribution in [0.2, 0.25) is 0 Å². The first kappa shape index (κ1) is 16.2. The van der Waals surface area contributed by atoms with E-state index in [0.717, 1.165) is 19.6 Å². The van der Waals surface area contributed by atoms with Crippen molar-refractivity contribution in [1.82, 2.24) is 5.32 Å². The second-order valence-electron chi connectivity index (χ2n) is 5.48. The van der Waals surface area contributed by atoms with Gasteiger partial charge in [0.1, 0.15) is 0 Å². The van der Waals surface area contributed by atoms with Crippen molar-refractivity contribution in [2.75, 3.05) is 13.2 Å². The maximum absolute atomic E-state index is 5.88. The number of nitrogens with one attached hydrogen (secondary N) is 1. The Labute approximate surface area is 118 Å². The fraction of sp³-hybridized carbons (Fsp3) is 0.647. The zero-order valence-electron chi connectivity index (χ0n) is 13.1. The van der Waals surface area contributed by atoms with Gasteiger partial charge in [-0.15, -0.1) is 0 Å². The zero-order chi connectivity index (χ0) is 14.3. The molecule has 2 nitrogen and oxygen atoms in total. The van der Waals surface area contributed by atoms with Crippen molar-refractivity contribution in [1.29, 1.82) is 0 Å². The van der Waals surface area contributed by atoms with E-state index in [1.54, 1.807) is 0 Å². The smallest absolute Gasteiger partial charge is 0.0665 e. The van der Waals surface area contributed by atoms with Crippen molar-refractivity contribution in [3.63, 3.8) is 0 Å². The molecule has 1 N–H and O–H groups in total. The molecule has 0 aliphatic rings. The summed E-state index contributed by atoms with van der Waals surface area (Å²) in [6.45, 7) is 12.6. The molecule has 0 saturated heterocycles. The maximum Gasteiger partial charge on any atom is 0.0665 e. The van der Waals surface area contributed by atoms with E-state index in [9.17, 15) is 0 Å². The van der Waals surface area contributed by atoms with Gasteiger partial charge in [0, 0.05) is 0 Å². The first-order chi connectivity index (χ1) is 9.08. The van der Waals surface area contributed by atoms with E-state index >= 15 is 0 Å². The minimum Gasteiger partial charge on any atom is -0.377 e. The molecule has 0 spiro atoms. The van der Waals surface area contributed by atoms with E-state index < -0.39 is 0 Å². The molecular formula is C17H29NO. The minimum atomic E-state index is 0.292. The first-order valence-corrected chi connectivity index (χ1v) is 7.53. The van der Waals surface area contributed by atoms with Gasteiger partial charge in [0.2, 0.25) is 0 Å². The third kappa shape index (κ3) is 5.33. The quantitative estimate of drug-likeness (QED) is 0.756. The molecule has 0 bridgehead atoms. The van der Waals surface area contributed by atoms with Crippen LogP contribution in [-0.2, 0) is 4.74 Å². The molecule has 19 heavy (non-hydrogen) atoms. The number of hydrogen-bond donors (Lipinski definition) is 1. The van der Waals surface area contributed by atoms with Crippen LogP contribution in [0.1, 0.15) is 64.1 Å². The van der Waals surface area contributed by atoms with Crippen molar-refractivity contribution in [3.05, 3.63) is 35.4 Å². The van der Waals surface area contributed by atoms with Crippen LogP contribution in [0.3, 0.4) is 0 Å². The van der Waals surface area contributed by atoms with Gasteiger partial charge in [0.05, 0.1) is 18.8 Å². The lowest BCUT2D eigenvalue weighted by molar-refractivity contribution is 0.0476. The Balaban J connectivity index is 2.69. The minimum absolute atomic E-state index is 0.292. The lowest BCUT2D eigenvalue weighted by atomic mass is 9.99. The van der Waals surface area contributed by atoms with E-state index in [-0.39, 0.29) is 0 Å². The Hall–Kier alpha value is -0.860. The molecule has 1 rings (SSSR count). The van der Waals surface area contributed by atoms with Gasteiger partial charge in [0.15, 0.2) is 0 Å². The molecule has 0 heterocycles. The van der Waals surface area contributed by atoms with Gasteiger partial charge in [-0.25, -0.2) is 0 Å². The average molecular weight is 263 g/mol. The second kappa shape index (κ2) is 8.34. The molecule has 0 aromatic heterocycles. The number of likely N-dealkylation sites (N-methyl/N-ethyl adjacent to an activating group) is 1. The van der Waals surface area contributed by atoms with E-state index in [2.05, 4.69) is 64.2 Å². The Kier molecular flexibility index (Phi) is 7.11. The molecule has 0 fully saturated rings. The highest BCUT2D eigenvalue weighted by Gasteiger charge is 2.12. The van der Waals surface area contributed by atoms with Crippen molar-refractivity contribution in [2.24, 2.45) is 0 Å². The number of benzene rings is 1. The summed E-state index contributed by atoms with van der Waals surface area (Å²) >= 11 is 0. The van der Waals surface area contributed by atoms with Crippen LogP contribution < -0.4 is 5.32 Å². The first-order valence-electron chi connectivity index (χ1n) is 7.53. The molecule has 1 aromatic carbocycles. The Morgan fingerprint density at radius 3 is 2.05 bits per heavy atom. The SMILES string of the molecule is CCNC(COC(C)CC)c1ccc(C(C)C)cc1. The number of ether oxygens (including phenoxy) is 1. The molecule has 0 saturated carbocycles. The fourth-order valence-electron chi connectivity index (χ4n) is 2.01. The van der Waals surface area contributed by atoms with Crippen molar-refractivity contribution in [3.8, 4) is 0 Å². The van der Waals surface area contributed by atoms with E-state index in [4.69, 9.17) is 4.74 Å². The predicted octanol–water partition coefficient (Wildman–Crippen LogP) is 4.28. The Morgan fingerprint density at radius 1 is 1.00 bits per heavy atom. The van der Waals surface area contributed by atoms with Gasteiger partial charge in [-0.05, 0) is 36.9 Å². The van der Waals surface area contributed by atoms with Crippen LogP contribution in [0.4, 0.5) is 0 Å². The third-order valence-electron chi connectivity index (χ3n) is 3.58. The van der Waals surface area contributed by atoms with Gasteiger partial charge < -0.3 is 10.1 Å². The maximum atomic E-state index is 5.88. The highest BCUT2D eigenvalue weighted by atomic mass is 16.5. The van der Waals surface area contributed by atoms with Gasteiger partial charge in [-0.3, -0.25) is 0 Å². The highest BCUT2D eigenvalue weighted by molar-refractivity contribution is 5.27. The van der Waals surface area contributed by atoms with Gasteiger partial charge in [-0.1, -0.05) is 52.0 Å². The van der Waals surface area contributed by atoms with Crippen LogP contribution in [-0.4, -0.2) is 19.3 Å².